The number of aromatic nitrogens is 3. The van der Waals surface area contributed by atoms with Gasteiger partial charge in [0.2, 0.25) is 5.88 Å². The van der Waals surface area contributed by atoms with Crippen molar-refractivity contribution in [3.8, 4) is 5.88 Å². The Labute approximate surface area is 180 Å². The normalized spacial score (nSPS) is 15.0. The maximum absolute atomic E-state index is 12.6. The van der Waals surface area contributed by atoms with Gasteiger partial charge in [-0.25, -0.2) is 9.31 Å². The first-order valence-corrected chi connectivity index (χ1v) is 10.9. The summed E-state index contributed by atoms with van der Waals surface area (Å²) in [6.07, 6.45) is 6.65. The second kappa shape index (κ2) is 9.75. The summed E-state index contributed by atoms with van der Waals surface area (Å²) >= 11 is 3.42. The summed E-state index contributed by atoms with van der Waals surface area (Å²) < 4.78 is 13.8. The van der Waals surface area contributed by atoms with Crippen LogP contribution < -0.4 is 4.74 Å². The maximum Gasteiger partial charge on any atom is 0.410 e. The standard InChI is InChI=1S/C20H30BrN5O3/c1-20(2,3)29-19(27)25(11-6-10-24-8-4-5-9-24)13-14-28-17-7-12-26-18(23-17)16(21)15-22-26/h7,12,15H,4-6,8-11,13-14H2,1-3H3. The van der Waals surface area contributed by atoms with Gasteiger partial charge >= 0.3 is 6.09 Å². The van der Waals surface area contributed by atoms with Gasteiger partial charge in [-0.05, 0) is 75.6 Å². The van der Waals surface area contributed by atoms with Crippen molar-refractivity contribution >= 4 is 27.7 Å². The van der Waals surface area contributed by atoms with Crippen molar-refractivity contribution in [2.24, 2.45) is 0 Å². The van der Waals surface area contributed by atoms with Gasteiger partial charge in [0.25, 0.3) is 0 Å². The summed E-state index contributed by atoms with van der Waals surface area (Å²) in [5, 5.41) is 4.17. The molecule has 1 fully saturated rings. The van der Waals surface area contributed by atoms with Crippen LogP contribution in [-0.4, -0.2) is 75.4 Å². The van der Waals surface area contributed by atoms with Gasteiger partial charge in [0.05, 0.1) is 17.2 Å². The second-order valence-corrected chi connectivity index (χ2v) is 9.10. The number of amides is 1. The SMILES string of the molecule is CC(C)(C)OC(=O)N(CCCN1CCCC1)CCOc1ccn2ncc(Br)c2n1. The third-order valence-electron chi connectivity index (χ3n) is 4.66. The van der Waals surface area contributed by atoms with Crippen molar-refractivity contribution in [1.82, 2.24) is 24.4 Å². The molecule has 160 valence electrons. The van der Waals surface area contributed by atoms with E-state index < -0.39 is 5.60 Å². The number of nitrogens with zero attached hydrogens (tertiary/aromatic N) is 5. The number of halogens is 1. The Kier molecular flexibility index (Phi) is 7.34. The van der Waals surface area contributed by atoms with Crippen LogP contribution in [0.25, 0.3) is 5.65 Å². The Morgan fingerprint density at radius 3 is 2.76 bits per heavy atom. The van der Waals surface area contributed by atoms with E-state index in [-0.39, 0.29) is 6.09 Å². The van der Waals surface area contributed by atoms with E-state index in [2.05, 4.69) is 30.9 Å². The highest BCUT2D eigenvalue weighted by atomic mass is 79.9. The van der Waals surface area contributed by atoms with E-state index >= 15 is 0 Å². The van der Waals surface area contributed by atoms with Gasteiger partial charge in [0.1, 0.15) is 12.2 Å². The van der Waals surface area contributed by atoms with Crippen LogP contribution >= 0.6 is 15.9 Å². The van der Waals surface area contributed by atoms with Gasteiger partial charge in [-0.1, -0.05) is 0 Å². The molecule has 8 nitrogen and oxygen atoms in total. The highest BCUT2D eigenvalue weighted by Crippen LogP contribution is 2.18. The van der Waals surface area contributed by atoms with Gasteiger partial charge in [-0.2, -0.15) is 10.1 Å². The van der Waals surface area contributed by atoms with Crippen molar-refractivity contribution < 1.29 is 14.3 Å². The molecule has 9 heteroatoms. The number of ether oxygens (including phenoxy) is 2. The van der Waals surface area contributed by atoms with Gasteiger partial charge in [-0.15, -0.1) is 0 Å². The fraction of sp³-hybridized carbons (Fsp3) is 0.650. The van der Waals surface area contributed by atoms with Crippen molar-refractivity contribution in [3.63, 3.8) is 0 Å². The van der Waals surface area contributed by atoms with Gasteiger partial charge in [0, 0.05) is 18.8 Å². The van der Waals surface area contributed by atoms with Crippen molar-refractivity contribution in [1.29, 1.82) is 0 Å². The lowest BCUT2D eigenvalue weighted by atomic mass is 10.2. The molecule has 0 atom stereocenters. The first-order valence-electron chi connectivity index (χ1n) is 10.1. The summed E-state index contributed by atoms with van der Waals surface area (Å²) in [6, 6.07) is 1.76. The van der Waals surface area contributed by atoms with Crippen LogP contribution in [0.15, 0.2) is 22.9 Å². The summed E-state index contributed by atoms with van der Waals surface area (Å²) in [6.45, 7) is 10.4. The molecule has 0 radical (unpaired) electrons. The quantitative estimate of drug-likeness (QED) is 0.590. The first-order chi connectivity index (χ1) is 13.8. The van der Waals surface area contributed by atoms with E-state index in [1.807, 2.05) is 20.8 Å². The molecule has 0 saturated carbocycles. The molecule has 2 aromatic rings. The highest BCUT2D eigenvalue weighted by molar-refractivity contribution is 9.10. The second-order valence-electron chi connectivity index (χ2n) is 8.24. The van der Waals surface area contributed by atoms with Crippen molar-refractivity contribution in [3.05, 3.63) is 22.9 Å². The smallest absolute Gasteiger partial charge is 0.410 e. The molecule has 0 spiro atoms. The topological polar surface area (TPSA) is 72.2 Å². The Morgan fingerprint density at radius 1 is 1.28 bits per heavy atom. The minimum atomic E-state index is -0.522. The zero-order valence-electron chi connectivity index (χ0n) is 17.4. The lowest BCUT2D eigenvalue weighted by Gasteiger charge is -2.28. The fourth-order valence-corrected chi connectivity index (χ4v) is 3.64. The molecule has 3 heterocycles. The molecular formula is C20H30BrN5O3. The summed E-state index contributed by atoms with van der Waals surface area (Å²) in [4.78, 5) is 21.2. The Balaban J connectivity index is 1.53. The number of hydrogen-bond donors (Lipinski definition) is 0. The lowest BCUT2D eigenvalue weighted by molar-refractivity contribution is 0.0219. The van der Waals surface area contributed by atoms with Crippen LogP contribution in [0.1, 0.15) is 40.0 Å². The highest BCUT2D eigenvalue weighted by Gasteiger charge is 2.22. The largest absolute Gasteiger partial charge is 0.476 e. The van der Waals surface area contributed by atoms with Crippen LogP contribution in [-0.2, 0) is 4.74 Å². The molecule has 3 rings (SSSR count). The van der Waals surface area contributed by atoms with E-state index in [9.17, 15) is 4.79 Å². The number of carbonyl (C=O) groups excluding carboxylic acids is 1. The molecule has 0 aliphatic carbocycles. The third kappa shape index (κ3) is 6.57. The summed E-state index contributed by atoms with van der Waals surface area (Å²) in [5.41, 5.74) is 0.170. The minimum absolute atomic E-state index is 0.301. The van der Waals surface area contributed by atoms with Crippen LogP contribution in [0.4, 0.5) is 4.79 Å². The Bertz CT molecular complexity index is 814. The Hall–Kier alpha value is -1.87. The first kappa shape index (κ1) is 21.8. The van der Waals surface area contributed by atoms with Gasteiger partial charge < -0.3 is 19.3 Å². The molecule has 0 unspecified atom stereocenters. The molecule has 1 amide bonds. The molecule has 1 aliphatic rings. The number of fused-ring (bicyclic) bond motifs is 1. The van der Waals surface area contributed by atoms with Crippen LogP contribution in [0, 0.1) is 0 Å². The van der Waals surface area contributed by atoms with E-state index in [0.717, 1.165) is 30.5 Å². The van der Waals surface area contributed by atoms with Crippen LogP contribution in [0.2, 0.25) is 0 Å². The molecule has 1 saturated heterocycles. The zero-order valence-corrected chi connectivity index (χ0v) is 19.0. The number of likely N-dealkylation sites (tertiary alicyclic amines) is 1. The molecule has 0 N–H and O–H groups in total. The monoisotopic (exact) mass is 467 g/mol. The van der Waals surface area contributed by atoms with E-state index in [4.69, 9.17) is 9.47 Å². The Morgan fingerprint density at radius 2 is 2.03 bits per heavy atom. The average molecular weight is 468 g/mol. The van der Waals surface area contributed by atoms with E-state index in [1.165, 1.54) is 12.8 Å². The zero-order chi connectivity index (χ0) is 20.9. The van der Waals surface area contributed by atoms with Gasteiger partial charge in [0.15, 0.2) is 5.65 Å². The molecule has 2 aromatic heterocycles. The average Bonchev–Trinajstić information content (AvgIpc) is 3.29. The third-order valence-corrected chi connectivity index (χ3v) is 5.22. The van der Waals surface area contributed by atoms with Gasteiger partial charge in [-0.3, -0.25) is 0 Å². The number of carbonyl (C=O) groups is 1. The minimum Gasteiger partial charge on any atom is -0.476 e. The predicted octanol–water partition coefficient (Wildman–Crippen LogP) is 3.59. The van der Waals surface area contributed by atoms with E-state index in [0.29, 0.717) is 31.2 Å². The summed E-state index contributed by atoms with van der Waals surface area (Å²) in [7, 11) is 0. The van der Waals surface area contributed by atoms with E-state index in [1.54, 1.807) is 27.9 Å². The molecule has 0 aromatic carbocycles. The molecular weight excluding hydrogens is 438 g/mol. The lowest BCUT2D eigenvalue weighted by Crippen LogP contribution is -2.40. The molecule has 0 bridgehead atoms. The predicted molar refractivity (Wildman–Crippen MR) is 114 cm³/mol. The van der Waals surface area contributed by atoms with Crippen LogP contribution in [0.3, 0.4) is 0 Å². The van der Waals surface area contributed by atoms with Crippen LogP contribution in [0.5, 0.6) is 5.88 Å². The maximum atomic E-state index is 12.6. The molecule has 29 heavy (non-hydrogen) atoms. The number of rotatable bonds is 8. The van der Waals surface area contributed by atoms with Crippen molar-refractivity contribution in [2.45, 2.75) is 45.6 Å². The number of hydrogen-bond acceptors (Lipinski definition) is 6. The fourth-order valence-electron chi connectivity index (χ4n) is 3.28. The van der Waals surface area contributed by atoms with Crippen molar-refractivity contribution in [2.75, 3.05) is 39.3 Å². The summed E-state index contributed by atoms with van der Waals surface area (Å²) in [5.74, 6) is 0.500. The molecule has 1 aliphatic heterocycles.